The lowest BCUT2D eigenvalue weighted by Gasteiger charge is -2.16. The molecule has 0 saturated heterocycles. The highest BCUT2D eigenvalue weighted by Gasteiger charge is 2.19. The van der Waals surface area contributed by atoms with Gasteiger partial charge in [-0.25, -0.2) is 0 Å². The van der Waals surface area contributed by atoms with Crippen LogP contribution in [0.1, 0.15) is 15.9 Å². The molecule has 1 aliphatic heterocycles. The fraction of sp³-hybridized carbons (Fsp3) is 0.278. The SMILES string of the molecule is COc1cc(C=O)cc(-c2ccc3c(c2)CCN3C)c1OC. The monoisotopic (exact) mass is 297 g/mol. The average molecular weight is 297 g/mol. The number of aldehydes is 1. The fourth-order valence-corrected chi connectivity index (χ4v) is 3.00. The number of fused-ring (bicyclic) bond motifs is 1. The number of rotatable bonds is 4. The van der Waals surface area contributed by atoms with Crippen molar-refractivity contribution in [1.29, 1.82) is 0 Å². The standard InChI is InChI=1S/C18H19NO3/c1-19-7-6-14-10-13(4-5-16(14)19)15-8-12(11-20)9-17(21-2)18(15)22-3/h4-5,8-11H,6-7H2,1-3H3. The van der Waals surface area contributed by atoms with Crippen molar-refractivity contribution >= 4 is 12.0 Å². The average Bonchev–Trinajstić information content (AvgIpc) is 2.94. The van der Waals surface area contributed by atoms with E-state index in [1.807, 2.05) is 6.07 Å². The Morgan fingerprint density at radius 2 is 1.95 bits per heavy atom. The van der Waals surface area contributed by atoms with E-state index < -0.39 is 0 Å². The van der Waals surface area contributed by atoms with Gasteiger partial charge < -0.3 is 14.4 Å². The van der Waals surface area contributed by atoms with E-state index in [0.717, 1.165) is 30.4 Å². The minimum atomic E-state index is 0.569. The minimum Gasteiger partial charge on any atom is -0.493 e. The first-order valence-corrected chi connectivity index (χ1v) is 7.23. The number of carbonyl (C=O) groups is 1. The van der Waals surface area contributed by atoms with Gasteiger partial charge >= 0.3 is 0 Å². The van der Waals surface area contributed by atoms with Crippen LogP contribution in [0.25, 0.3) is 11.1 Å². The summed E-state index contributed by atoms with van der Waals surface area (Å²) in [6.45, 7) is 1.04. The maximum Gasteiger partial charge on any atom is 0.168 e. The van der Waals surface area contributed by atoms with Gasteiger partial charge in [0.05, 0.1) is 14.2 Å². The van der Waals surface area contributed by atoms with Crippen LogP contribution in [0, 0.1) is 0 Å². The van der Waals surface area contributed by atoms with Crippen LogP contribution in [0.4, 0.5) is 5.69 Å². The van der Waals surface area contributed by atoms with E-state index in [2.05, 4.69) is 30.1 Å². The first-order valence-electron chi connectivity index (χ1n) is 7.23. The number of anilines is 1. The molecule has 0 atom stereocenters. The van der Waals surface area contributed by atoms with Crippen molar-refractivity contribution in [2.45, 2.75) is 6.42 Å². The quantitative estimate of drug-likeness (QED) is 0.813. The summed E-state index contributed by atoms with van der Waals surface area (Å²) < 4.78 is 10.9. The lowest BCUT2D eigenvalue weighted by molar-refractivity contribution is 0.112. The molecule has 0 aliphatic carbocycles. The molecule has 0 N–H and O–H groups in total. The third-order valence-corrected chi connectivity index (χ3v) is 4.16. The van der Waals surface area contributed by atoms with Gasteiger partial charge in [0.15, 0.2) is 11.5 Å². The van der Waals surface area contributed by atoms with Crippen molar-refractivity contribution in [3.8, 4) is 22.6 Å². The second kappa shape index (κ2) is 5.72. The Hall–Kier alpha value is -2.49. The van der Waals surface area contributed by atoms with Gasteiger partial charge in [-0.15, -0.1) is 0 Å². The third kappa shape index (κ3) is 2.30. The van der Waals surface area contributed by atoms with Gasteiger partial charge in [0.2, 0.25) is 0 Å². The summed E-state index contributed by atoms with van der Waals surface area (Å²) in [6, 6.07) is 9.89. The highest BCUT2D eigenvalue weighted by Crippen LogP contribution is 2.41. The molecule has 2 aromatic carbocycles. The van der Waals surface area contributed by atoms with Crippen LogP contribution in [0.5, 0.6) is 11.5 Å². The van der Waals surface area contributed by atoms with E-state index in [1.54, 1.807) is 20.3 Å². The number of methoxy groups -OCH3 is 2. The minimum absolute atomic E-state index is 0.569. The molecular formula is C18H19NO3. The molecule has 4 nitrogen and oxygen atoms in total. The predicted octanol–water partition coefficient (Wildman–Crippen LogP) is 3.18. The number of ether oxygens (including phenoxy) is 2. The van der Waals surface area contributed by atoms with Gasteiger partial charge in [-0.3, -0.25) is 4.79 Å². The van der Waals surface area contributed by atoms with E-state index >= 15 is 0 Å². The predicted molar refractivity (Wildman–Crippen MR) is 87.3 cm³/mol. The molecular weight excluding hydrogens is 278 g/mol. The molecule has 0 fully saturated rings. The molecule has 2 aromatic rings. The fourth-order valence-electron chi connectivity index (χ4n) is 3.00. The molecule has 0 saturated carbocycles. The molecule has 0 bridgehead atoms. The molecule has 1 aliphatic rings. The summed E-state index contributed by atoms with van der Waals surface area (Å²) in [5, 5.41) is 0. The highest BCUT2D eigenvalue weighted by molar-refractivity contribution is 5.85. The van der Waals surface area contributed by atoms with E-state index in [4.69, 9.17) is 9.47 Å². The zero-order chi connectivity index (χ0) is 15.7. The molecule has 3 rings (SSSR count). The van der Waals surface area contributed by atoms with Crippen LogP contribution in [-0.4, -0.2) is 34.1 Å². The van der Waals surface area contributed by atoms with Gasteiger partial charge in [0.1, 0.15) is 6.29 Å². The molecule has 0 aromatic heterocycles. The second-order valence-electron chi connectivity index (χ2n) is 5.44. The maximum atomic E-state index is 11.2. The third-order valence-electron chi connectivity index (χ3n) is 4.16. The first-order chi connectivity index (χ1) is 10.7. The number of hydrogen-bond donors (Lipinski definition) is 0. The molecule has 22 heavy (non-hydrogen) atoms. The summed E-state index contributed by atoms with van der Waals surface area (Å²) in [4.78, 5) is 13.4. The Morgan fingerprint density at radius 1 is 1.14 bits per heavy atom. The van der Waals surface area contributed by atoms with Crippen LogP contribution in [0.15, 0.2) is 30.3 Å². The largest absolute Gasteiger partial charge is 0.493 e. The zero-order valence-electron chi connectivity index (χ0n) is 13.1. The van der Waals surface area contributed by atoms with Crippen LogP contribution in [0.3, 0.4) is 0 Å². The summed E-state index contributed by atoms with van der Waals surface area (Å²) in [5.41, 5.74) is 5.07. The van der Waals surface area contributed by atoms with Crippen molar-refractivity contribution in [3.05, 3.63) is 41.5 Å². The van der Waals surface area contributed by atoms with E-state index in [-0.39, 0.29) is 0 Å². The Morgan fingerprint density at radius 3 is 2.64 bits per heavy atom. The zero-order valence-corrected chi connectivity index (χ0v) is 13.1. The van der Waals surface area contributed by atoms with Crippen molar-refractivity contribution in [2.75, 3.05) is 32.7 Å². The van der Waals surface area contributed by atoms with Crippen molar-refractivity contribution < 1.29 is 14.3 Å². The van der Waals surface area contributed by atoms with Gasteiger partial charge in [-0.2, -0.15) is 0 Å². The molecule has 0 unspecified atom stereocenters. The second-order valence-corrected chi connectivity index (χ2v) is 5.44. The van der Waals surface area contributed by atoms with Gasteiger partial charge in [0, 0.05) is 30.4 Å². The summed E-state index contributed by atoms with van der Waals surface area (Å²) in [5.74, 6) is 1.22. The Bertz CT molecular complexity index is 725. The Balaban J connectivity index is 2.17. The van der Waals surface area contributed by atoms with E-state index in [1.165, 1.54) is 11.3 Å². The molecule has 4 heteroatoms. The van der Waals surface area contributed by atoms with Gasteiger partial charge in [0.25, 0.3) is 0 Å². The number of benzene rings is 2. The lowest BCUT2D eigenvalue weighted by atomic mass is 9.98. The number of likely N-dealkylation sites (N-methyl/N-ethyl adjacent to an activating group) is 1. The molecule has 0 amide bonds. The molecule has 0 spiro atoms. The first kappa shape index (κ1) is 14.4. The number of nitrogens with zero attached hydrogens (tertiary/aromatic N) is 1. The van der Waals surface area contributed by atoms with Crippen LogP contribution < -0.4 is 14.4 Å². The van der Waals surface area contributed by atoms with Crippen LogP contribution >= 0.6 is 0 Å². The van der Waals surface area contributed by atoms with Gasteiger partial charge in [-0.05, 0) is 41.8 Å². The molecule has 114 valence electrons. The smallest absolute Gasteiger partial charge is 0.168 e. The van der Waals surface area contributed by atoms with E-state index in [9.17, 15) is 4.79 Å². The van der Waals surface area contributed by atoms with Crippen molar-refractivity contribution in [2.24, 2.45) is 0 Å². The summed E-state index contributed by atoms with van der Waals surface area (Å²) >= 11 is 0. The summed E-state index contributed by atoms with van der Waals surface area (Å²) in [7, 11) is 5.29. The number of carbonyl (C=O) groups excluding carboxylic acids is 1. The normalized spacial score (nSPS) is 13.0. The van der Waals surface area contributed by atoms with Crippen LogP contribution in [-0.2, 0) is 6.42 Å². The molecule has 0 radical (unpaired) electrons. The Kier molecular flexibility index (Phi) is 3.75. The number of hydrogen-bond acceptors (Lipinski definition) is 4. The van der Waals surface area contributed by atoms with Crippen molar-refractivity contribution in [3.63, 3.8) is 0 Å². The van der Waals surface area contributed by atoms with Gasteiger partial charge in [-0.1, -0.05) is 6.07 Å². The van der Waals surface area contributed by atoms with Crippen molar-refractivity contribution in [1.82, 2.24) is 0 Å². The Labute approximate surface area is 130 Å². The molecule has 1 heterocycles. The lowest BCUT2D eigenvalue weighted by Crippen LogP contribution is -2.12. The summed E-state index contributed by atoms with van der Waals surface area (Å²) in [6.07, 6.45) is 1.86. The topological polar surface area (TPSA) is 38.8 Å². The maximum absolute atomic E-state index is 11.2. The highest BCUT2D eigenvalue weighted by atomic mass is 16.5. The van der Waals surface area contributed by atoms with Crippen LogP contribution in [0.2, 0.25) is 0 Å². The van der Waals surface area contributed by atoms with E-state index in [0.29, 0.717) is 17.1 Å².